The molecule has 1 fully saturated rings. The maximum absolute atomic E-state index is 13.3. The molecule has 0 bridgehead atoms. The Kier molecular flexibility index (Phi) is 5.26. The smallest absolute Gasteiger partial charge is 0.353 e. The zero-order valence-electron chi connectivity index (χ0n) is 12.4. The average molecular weight is 335 g/mol. The Hall–Kier alpha value is -1.66. The van der Waals surface area contributed by atoms with E-state index >= 15 is 0 Å². The van der Waals surface area contributed by atoms with Crippen LogP contribution in [0.5, 0.6) is 0 Å². The van der Waals surface area contributed by atoms with Crippen LogP contribution in [-0.4, -0.2) is 17.9 Å². The van der Waals surface area contributed by atoms with Gasteiger partial charge in [0.05, 0.1) is 5.56 Å². The fraction of sp³-hybridized carbons (Fsp3) is 0.562. The molecular weight excluding hydrogens is 317 g/mol. The largest absolute Gasteiger partial charge is 0.416 e. The molecule has 1 unspecified atom stereocenters. The lowest BCUT2D eigenvalue weighted by molar-refractivity contribution is -0.138. The van der Waals surface area contributed by atoms with Crippen molar-refractivity contribution in [2.24, 2.45) is 0 Å². The lowest BCUT2D eigenvalue weighted by Crippen LogP contribution is -2.42. The lowest BCUT2D eigenvalue weighted by Gasteiger charge is -2.29. The van der Waals surface area contributed by atoms with Crippen LogP contribution in [0.15, 0.2) is 24.3 Å². The first kappa shape index (κ1) is 17.7. The topological polar surface area (TPSA) is 29.1 Å². The first-order valence-electron chi connectivity index (χ1n) is 7.50. The van der Waals surface area contributed by atoms with E-state index in [2.05, 4.69) is 5.32 Å². The van der Waals surface area contributed by atoms with Gasteiger partial charge >= 0.3 is 6.18 Å². The fourth-order valence-electron chi connectivity index (χ4n) is 2.86. The maximum atomic E-state index is 13.3. The minimum atomic E-state index is -4.47. The third-order valence-electron chi connectivity index (χ3n) is 3.95. The molecule has 1 aromatic carbocycles. The predicted octanol–water partition coefficient (Wildman–Crippen LogP) is 4.33. The molecule has 0 saturated heterocycles. The van der Waals surface area contributed by atoms with Crippen LogP contribution in [0.25, 0.3) is 0 Å². The van der Waals surface area contributed by atoms with E-state index < -0.39 is 36.0 Å². The summed E-state index contributed by atoms with van der Waals surface area (Å²) in [6, 6.07) is 4.45. The molecule has 1 amide bonds. The van der Waals surface area contributed by atoms with Gasteiger partial charge in [0.2, 0.25) is 11.8 Å². The molecule has 0 aliphatic heterocycles. The van der Waals surface area contributed by atoms with Crippen LogP contribution >= 0.6 is 0 Å². The summed E-state index contributed by atoms with van der Waals surface area (Å²) in [5.41, 5.74) is -0.735. The summed E-state index contributed by atoms with van der Waals surface area (Å²) in [6.07, 6.45) is -4.50. The number of alkyl halides is 5. The van der Waals surface area contributed by atoms with Crippen LogP contribution in [0.3, 0.4) is 0 Å². The molecule has 2 rings (SSSR count). The van der Waals surface area contributed by atoms with E-state index in [0.29, 0.717) is 12.8 Å². The number of aryl methyl sites for hydroxylation is 1. The van der Waals surface area contributed by atoms with Gasteiger partial charge < -0.3 is 5.32 Å². The van der Waals surface area contributed by atoms with Crippen molar-refractivity contribution in [1.29, 1.82) is 0 Å². The van der Waals surface area contributed by atoms with Gasteiger partial charge in [-0.1, -0.05) is 18.2 Å². The minimum absolute atomic E-state index is 0.0316. The van der Waals surface area contributed by atoms with Gasteiger partial charge in [0.25, 0.3) is 0 Å². The van der Waals surface area contributed by atoms with Crippen molar-refractivity contribution >= 4 is 5.91 Å². The zero-order chi connectivity index (χ0) is 17.1. The first-order chi connectivity index (χ1) is 10.7. The minimum Gasteiger partial charge on any atom is -0.353 e. The van der Waals surface area contributed by atoms with E-state index in [4.69, 9.17) is 0 Å². The first-order valence-corrected chi connectivity index (χ1v) is 7.50. The Morgan fingerprint density at radius 1 is 1.26 bits per heavy atom. The molecular formula is C16H18F5NO. The van der Waals surface area contributed by atoms with Gasteiger partial charge in [-0.15, -0.1) is 0 Å². The van der Waals surface area contributed by atoms with E-state index in [1.165, 1.54) is 18.2 Å². The molecule has 1 N–H and O–H groups in total. The van der Waals surface area contributed by atoms with Gasteiger partial charge in [0.1, 0.15) is 0 Å². The van der Waals surface area contributed by atoms with Crippen LogP contribution in [0, 0.1) is 0 Å². The number of hydrogen-bond donors (Lipinski definition) is 1. The molecule has 1 saturated carbocycles. The Labute approximate surface area is 131 Å². The SMILES string of the molecule is O=C(CCc1ccccc1C(F)(F)F)NC1CCCC(F)(F)C1. The molecule has 1 aromatic rings. The number of amides is 1. The van der Waals surface area contributed by atoms with Crippen molar-refractivity contribution in [2.75, 3.05) is 0 Å². The third kappa shape index (κ3) is 5.18. The molecule has 128 valence electrons. The van der Waals surface area contributed by atoms with Gasteiger partial charge in [-0.2, -0.15) is 13.2 Å². The molecule has 0 heterocycles. The van der Waals surface area contributed by atoms with E-state index in [0.717, 1.165) is 6.07 Å². The molecule has 0 radical (unpaired) electrons. The Morgan fingerprint density at radius 3 is 2.61 bits per heavy atom. The highest BCUT2D eigenvalue weighted by molar-refractivity contribution is 5.76. The van der Waals surface area contributed by atoms with E-state index in [1.807, 2.05) is 0 Å². The quantitative estimate of drug-likeness (QED) is 0.815. The van der Waals surface area contributed by atoms with Gasteiger partial charge in [-0.05, 0) is 30.9 Å². The Morgan fingerprint density at radius 2 is 1.96 bits per heavy atom. The summed E-state index contributed by atoms with van der Waals surface area (Å²) >= 11 is 0. The summed E-state index contributed by atoms with van der Waals surface area (Å²) in [7, 11) is 0. The van der Waals surface area contributed by atoms with E-state index in [9.17, 15) is 26.7 Å². The number of carbonyl (C=O) groups is 1. The molecule has 7 heteroatoms. The monoisotopic (exact) mass is 335 g/mol. The van der Waals surface area contributed by atoms with Gasteiger partial charge in [0, 0.05) is 25.3 Å². The number of carbonyl (C=O) groups excluding carboxylic acids is 1. The normalized spacial score (nSPS) is 21.0. The van der Waals surface area contributed by atoms with Crippen LogP contribution < -0.4 is 5.32 Å². The standard InChI is InChI=1S/C16H18F5NO/c17-15(18)9-3-5-12(10-15)22-14(23)8-7-11-4-1-2-6-13(11)16(19,20)21/h1-2,4,6,12H,3,5,7-10H2,(H,22,23). The number of nitrogens with one attached hydrogen (secondary N) is 1. The summed E-state index contributed by atoms with van der Waals surface area (Å²) in [5, 5.41) is 2.50. The fourth-order valence-corrected chi connectivity index (χ4v) is 2.86. The summed E-state index contributed by atoms with van der Waals surface area (Å²) in [4.78, 5) is 11.8. The average Bonchev–Trinajstić information content (AvgIpc) is 2.43. The molecule has 2 nitrogen and oxygen atoms in total. The summed E-state index contributed by atoms with van der Waals surface area (Å²) in [5.74, 6) is -3.27. The van der Waals surface area contributed by atoms with Crippen molar-refractivity contribution in [2.45, 2.75) is 56.7 Å². The van der Waals surface area contributed by atoms with E-state index in [-0.39, 0.29) is 24.8 Å². The van der Waals surface area contributed by atoms with Gasteiger partial charge in [-0.3, -0.25) is 4.79 Å². The lowest BCUT2D eigenvalue weighted by atomic mass is 9.92. The van der Waals surface area contributed by atoms with Crippen molar-refractivity contribution in [1.82, 2.24) is 5.32 Å². The summed E-state index contributed by atoms with van der Waals surface area (Å²) in [6.45, 7) is 0. The number of benzene rings is 1. The van der Waals surface area contributed by atoms with Crippen molar-refractivity contribution < 1.29 is 26.7 Å². The summed E-state index contributed by atoms with van der Waals surface area (Å²) < 4.78 is 65.1. The molecule has 23 heavy (non-hydrogen) atoms. The number of halogens is 5. The second kappa shape index (κ2) is 6.84. The number of hydrogen-bond acceptors (Lipinski definition) is 1. The highest BCUT2D eigenvalue weighted by Crippen LogP contribution is 2.34. The zero-order valence-corrected chi connectivity index (χ0v) is 12.4. The van der Waals surface area contributed by atoms with Crippen LogP contribution in [0.2, 0.25) is 0 Å². The van der Waals surface area contributed by atoms with Crippen molar-refractivity contribution in [3.63, 3.8) is 0 Å². The van der Waals surface area contributed by atoms with Gasteiger partial charge in [0.15, 0.2) is 0 Å². The molecule has 0 spiro atoms. The molecule has 1 atom stereocenters. The molecule has 1 aliphatic carbocycles. The van der Waals surface area contributed by atoms with Crippen LogP contribution in [0.4, 0.5) is 22.0 Å². The second-order valence-corrected chi connectivity index (χ2v) is 5.87. The van der Waals surface area contributed by atoms with Crippen molar-refractivity contribution in [3.05, 3.63) is 35.4 Å². The number of rotatable bonds is 4. The second-order valence-electron chi connectivity index (χ2n) is 5.87. The Bertz CT molecular complexity index is 556. The Balaban J connectivity index is 1.90. The maximum Gasteiger partial charge on any atom is 0.416 e. The third-order valence-corrected chi connectivity index (χ3v) is 3.95. The van der Waals surface area contributed by atoms with Crippen LogP contribution in [-0.2, 0) is 17.4 Å². The van der Waals surface area contributed by atoms with Gasteiger partial charge in [-0.25, -0.2) is 8.78 Å². The van der Waals surface area contributed by atoms with Crippen molar-refractivity contribution in [3.8, 4) is 0 Å². The van der Waals surface area contributed by atoms with Crippen LogP contribution in [0.1, 0.15) is 43.2 Å². The predicted molar refractivity (Wildman–Crippen MR) is 75.1 cm³/mol. The molecule has 0 aromatic heterocycles. The van der Waals surface area contributed by atoms with E-state index in [1.54, 1.807) is 0 Å². The highest BCUT2D eigenvalue weighted by atomic mass is 19.4. The molecule has 1 aliphatic rings. The highest BCUT2D eigenvalue weighted by Gasteiger charge is 2.37.